The fraction of sp³-hybridized carbons (Fsp3) is 0.579. The van der Waals surface area contributed by atoms with Crippen LogP contribution in [0, 0.1) is 17.7 Å². The van der Waals surface area contributed by atoms with Crippen LogP contribution in [0.15, 0.2) is 24.3 Å². The van der Waals surface area contributed by atoms with E-state index in [-0.39, 0.29) is 30.2 Å². The summed E-state index contributed by atoms with van der Waals surface area (Å²) in [6, 6.07) is 5.37. The highest BCUT2D eigenvalue weighted by Crippen LogP contribution is 2.21. The number of piperidine rings is 1. The van der Waals surface area contributed by atoms with Crippen molar-refractivity contribution in [1.82, 2.24) is 4.90 Å². The molecule has 0 saturated carbocycles. The minimum Gasteiger partial charge on any atom is -0.337 e. The van der Waals surface area contributed by atoms with E-state index in [0.717, 1.165) is 24.4 Å². The van der Waals surface area contributed by atoms with Gasteiger partial charge in [0, 0.05) is 18.8 Å². The number of nitrogens with one attached hydrogen (secondary N) is 2. The van der Waals surface area contributed by atoms with E-state index in [1.807, 2.05) is 18.9 Å². The van der Waals surface area contributed by atoms with Crippen LogP contribution in [0.3, 0.4) is 0 Å². The Balaban J connectivity index is 1.88. The Bertz CT molecular complexity index is 595. The number of hydrogen-bond acceptors (Lipinski definition) is 2. The zero-order valence-corrected chi connectivity index (χ0v) is 15.5. The molecule has 1 saturated heterocycles. The van der Waals surface area contributed by atoms with Crippen molar-refractivity contribution in [3.05, 3.63) is 30.1 Å². The minimum absolute atomic E-state index is 0.102. The van der Waals surface area contributed by atoms with Crippen molar-refractivity contribution in [2.75, 3.05) is 32.0 Å². The van der Waals surface area contributed by atoms with Gasteiger partial charge in [-0.3, -0.25) is 9.59 Å². The number of likely N-dealkylation sites (tertiary alicyclic amines) is 1. The van der Waals surface area contributed by atoms with Gasteiger partial charge in [-0.2, -0.15) is 0 Å². The zero-order valence-electron chi connectivity index (χ0n) is 15.5. The fourth-order valence-corrected chi connectivity index (χ4v) is 3.47. The summed E-state index contributed by atoms with van der Waals surface area (Å²) in [4.78, 5) is 27.7. The van der Waals surface area contributed by atoms with Crippen LogP contribution in [0.4, 0.5) is 10.1 Å². The van der Waals surface area contributed by atoms with Crippen molar-refractivity contribution in [3.8, 4) is 0 Å². The first-order valence-electron chi connectivity index (χ1n) is 8.92. The van der Waals surface area contributed by atoms with Crippen LogP contribution in [-0.4, -0.2) is 49.4 Å². The van der Waals surface area contributed by atoms with Crippen LogP contribution in [0.1, 0.15) is 27.2 Å². The van der Waals surface area contributed by atoms with Crippen molar-refractivity contribution in [3.63, 3.8) is 0 Å². The third-order valence-corrected chi connectivity index (χ3v) is 4.86. The van der Waals surface area contributed by atoms with E-state index in [4.69, 9.17) is 0 Å². The average molecular weight is 350 g/mol. The largest absolute Gasteiger partial charge is 0.337 e. The van der Waals surface area contributed by atoms with Crippen molar-refractivity contribution < 1.29 is 18.9 Å². The van der Waals surface area contributed by atoms with Crippen molar-refractivity contribution in [2.45, 2.75) is 33.2 Å². The summed E-state index contributed by atoms with van der Waals surface area (Å²) in [6.45, 7) is 7.99. The maximum Gasteiger partial charge on any atom is 0.280 e. The predicted octanol–water partition coefficient (Wildman–Crippen LogP) is 1.17. The monoisotopic (exact) mass is 350 g/mol. The molecule has 4 atom stereocenters. The molecule has 25 heavy (non-hydrogen) atoms. The predicted molar refractivity (Wildman–Crippen MR) is 95.8 cm³/mol. The Hall–Kier alpha value is -1.95. The fourth-order valence-electron chi connectivity index (χ4n) is 3.47. The van der Waals surface area contributed by atoms with Crippen LogP contribution in [-0.2, 0) is 9.59 Å². The summed E-state index contributed by atoms with van der Waals surface area (Å²) in [6.07, 6.45) is 1.15. The second-order valence-corrected chi connectivity index (χ2v) is 7.49. The number of amides is 2. The molecule has 5 nitrogen and oxygen atoms in total. The second kappa shape index (κ2) is 8.43. The van der Waals surface area contributed by atoms with Crippen LogP contribution in [0.25, 0.3) is 0 Å². The Morgan fingerprint density at radius 1 is 1.24 bits per heavy atom. The third-order valence-electron chi connectivity index (χ3n) is 4.86. The first-order chi connectivity index (χ1) is 11.8. The summed E-state index contributed by atoms with van der Waals surface area (Å²) in [5.41, 5.74) is 0.553. The quantitative estimate of drug-likeness (QED) is 0.838. The number of hydrogen-bond donors (Lipinski definition) is 2. The zero-order chi connectivity index (χ0) is 18.6. The van der Waals surface area contributed by atoms with Crippen molar-refractivity contribution >= 4 is 17.5 Å². The summed E-state index contributed by atoms with van der Waals surface area (Å²) in [5.74, 6) is 0.600. The van der Waals surface area contributed by atoms with Gasteiger partial charge in [-0.25, -0.2) is 4.39 Å². The topological polar surface area (TPSA) is 53.9 Å². The summed E-state index contributed by atoms with van der Waals surface area (Å²) >= 11 is 0. The molecule has 1 unspecified atom stereocenters. The number of nitrogens with zero attached hydrogens (tertiary/aromatic N) is 1. The number of rotatable bonds is 5. The third kappa shape index (κ3) is 5.53. The molecule has 0 spiro atoms. The van der Waals surface area contributed by atoms with Crippen LogP contribution >= 0.6 is 0 Å². The maximum atomic E-state index is 12.9. The highest BCUT2D eigenvalue weighted by Gasteiger charge is 2.32. The van der Waals surface area contributed by atoms with Gasteiger partial charge in [0.15, 0.2) is 12.6 Å². The highest BCUT2D eigenvalue weighted by atomic mass is 19.1. The lowest BCUT2D eigenvalue weighted by molar-refractivity contribution is -0.886. The van der Waals surface area contributed by atoms with Crippen LogP contribution in [0.2, 0.25) is 0 Å². The van der Waals surface area contributed by atoms with Gasteiger partial charge in [0.05, 0.1) is 7.05 Å². The maximum absolute atomic E-state index is 12.9. The molecule has 138 valence electrons. The number of benzene rings is 1. The van der Waals surface area contributed by atoms with Gasteiger partial charge in [-0.05, 0) is 49.4 Å². The summed E-state index contributed by atoms with van der Waals surface area (Å²) < 4.78 is 12.9. The van der Waals surface area contributed by atoms with Crippen molar-refractivity contribution in [2.24, 2.45) is 11.8 Å². The molecule has 0 radical (unpaired) electrons. The Labute approximate surface area is 149 Å². The standard InChI is InChI=1S/C19H28FN3O2/c1-13-9-14(2)11-23(10-13)19(25)15(3)22(4)12-18(24)21-17-7-5-16(20)6-8-17/h5-8,13-15H,9-12H2,1-4H3,(H,21,24)/p+1/t13-,14-,15-/m1/s1. The number of carbonyl (C=O) groups is 2. The molecule has 0 aromatic heterocycles. The van der Waals surface area contributed by atoms with Gasteiger partial charge >= 0.3 is 0 Å². The lowest BCUT2D eigenvalue weighted by Gasteiger charge is -2.36. The molecule has 2 N–H and O–H groups in total. The smallest absolute Gasteiger partial charge is 0.280 e. The number of carbonyl (C=O) groups excluding carboxylic acids is 2. The second-order valence-electron chi connectivity index (χ2n) is 7.49. The lowest BCUT2D eigenvalue weighted by Crippen LogP contribution is -3.15. The highest BCUT2D eigenvalue weighted by molar-refractivity contribution is 5.91. The Kier molecular flexibility index (Phi) is 6.53. The molecule has 1 aromatic rings. The van der Waals surface area contributed by atoms with E-state index in [2.05, 4.69) is 19.2 Å². The molecule has 1 fully saturated rings. The van der Waals surface area contributed by atoms with E-state index < -0.39 is 0 Å². The Morgan fingerprint density at radius 3 is 2.36 bits per heavy atom. The number of quaternary nitrogens is 1. The van der Waals surface area contributed by atoms with Gasteiger partial charge < -0.3 is 15.1 Å². The van der Waals surface area contributed by atoms with E-state index >= 15 is 0 Å². The molecule has 2 amide bonds. The molecule has 6 heteroatoms. The van der Waals surface area contributed by atoms with Crippen molar-refractivity contribution in [1.29, 1.82) is 0 Å². The average Bonchev–Trinajstić information content (AvgIpc) is 2.54. The molecule has 0 aliphatic carbocycles. The summed E-state index contributed by atoms with van der Waals surface area (Å²) in [7, 11) is 1.85. The number of anilines is 1. The molecule has 0 bridgehead atoms. The van der Waals surface area contributed by atoms with E-state index in [0.29, 0.717) is 17.5 Å². The lowest BCUT2D eigenvalue weighted by atomic mass is 9.91. The van der Waals surface area contributed by atoms with Gasteiger partial charge in [-0.15, -0.1) is 0 Å². The molecule has 1 aromatic carbocycles. The van der Waals surface area contributed by atoms with E-state index in [9.17, 15) is 14.0 Å². The molecule has 1 aliphatic heterocycles. The molecule has 1 aliphatic rings. The molecular weight excluding hydrogens is 321 g/mol. The number of halogens is 1. The molecule has 2 rings (SSSR count). The first-order valence-corrected chi connectivity index (χ1v) is 8.92. The summed E-state index contributed by atoms with van der Waals surface area (Å²) in [5, 5.41) is 2.74. The SMILES string of the molecule is C[C@@H]1C[C@@H](C)CN(C(=O)[C@@H](C)[NH+](C)CC(=O)Nc2ccc(F)cc2)C1. The Morgan fingerprint density at radius 2 is 1.80 bits per heavy atom. The molecule has 1 heterocycles. The normalized spacial score (nSPS) is 23.0. The number of likely N-dealkylation sites (N-methyl/N-ethyl adjacent to an activating group) is 1. The van der Waals surface area contributed by atoms with Gasteiger partial charge in [0.2, 0.25) is 0 Å². The van der Waals surface area contributed by atoms with Gasteiger partial charge in [-0.1, -0.05) is 13.8 Å². The minimum atomic E-state index is -0.343. The van der Waals surface area contributed by atoms with Gasteiger partial charge in [0.25, 0.3) is 11.8 Å². The van der Waals surface area contributed by atoms with E-state index in [1.54, 1.807) is 0 Å². The van der Waals surface area contributed by atoms with Gasteiger partial charge in [0.1, 0.15) is 5.82 Å². The van der Waals surface area contributed by atoms with Crippen LogP contribution < -0.4 is 10.2 Å². The van der Waals surface area contributed by atoms with E-state index in [1.165, 1.54) is 24.3 Å². The van der Waals surface area contributed by atoms with Crippen LogP contribution in [0.5, 0.6) is 0 Å². The molecular formula is C19H29FN3O2+. The first kappa shape index (κ1) is 19.4.